The molecule has 0 bridgehead atoms. The first-order valence-electron chi connectivity index (χ1n) is 6.87. The molecule has 0 spiro atoms. The third-order valence-electron chi connectivity index (χ3n) is 3.98. The van der Waals surface area contributed by atoms with E-state index in [1.807, 2.05) is 12.1 Å². The molecule has 1 nitrogen and oxygen atoms in total. The molecule has 2 heteroatoms. The summed E-state index contributed by atoms with van der Waals surface area (Å²) in [5.74, 6) is -0.170. The average molecular weight is 255 g/mol. The molecular weight excluding hydrogens is 237 g/mol. The minimum Gasteiger partial charge on any atom is -0.292 e. The predicted octanol–water partition coefficient (Wildman–Crippen LogP) is 3.79. The molecule has 0 N–H and O–H groups in total. The van der Waals surface area contributed by atoms with Gasteiger partial charge in [-0.1, -0.05) is 43.3 Å². The molecule has 0 radical (unpaired) electrons. The molecule has 2 aromatic carbocycles. The number of nitrogens with zero attached hydrogens (tertiary/aromatic N) is 1. The maximum atomic E-state index is 13.1. The molecule has 1 atom stereocenters. The number of halogens is 1. The normalized spacial score (nSPS) is 19.2. The lowest BCUT2D eigenvalue weighted by Crippen LogP contribution is -2.35. The van der Waals surface area contributed by atoms with Crippen LogP contribution in [0.1, 0.15) is 29.7 Å². The van der Waals surface area contributed by atoms with Gasteiger partial charge in [0.25, 0.3) is 0 Å². The van der Waals surface area contributed by atoms with Crippen LogP contribution in [-0.2, 0) is 6.42 Å². The van der Waals surface area contributed by atoms with Gasteiger partial charge in [-0.05, 0) is 41.8 Å². The van der Waals surface area contributed by atoms with Gasteiger partial charge in [-0.3, -0.25) is 4.90 Å². The van der Waals surface area contributed by atoms with Gasteiger partial charge in [0.15, 0.2) is 0 Å². The van der Waals surface area contributed by atoms with E-state index in [0.29, 0.717) is 0 Å². The lowest BCUT2D eigenvalue weighted by molar-refractivity contribution is 0.225. The molecule has 0 amide bonds. The number of benzene rings is 2. The van der Waals surface area contributed by atoms with Crippen LogP contribution in [0.2, 0.25) is 0 Å². The van der Waals surface area contributed by atoms with Crippen molar-refractivity contribution in [2.75, 3.05) is 13.1 Å². The van der Waals surface area contributed by atoms with Crippen molar-refractivity contribution in [1.29, 1.82) is 0 Å². The highest BCUT2D eigenvalue weighted by atomic mass is 19.1. The minimum atomic E-state index is -0.170. The molecule has 1 aliphatic heterocycles. The third kappa shape index (κ3) is 2.28. The molecule has 0 saturated carbocycles. The van der Waals surface area contributed by atoms with Crippen molar-refractivity contribution in [3.8, 4) is 0 Å². The first kappa shape index (κ1) is 12.4. The molecule has 0 fully saturated rings. The Morgan fingerprint density at radius 1 is 1.11 bits per heavy atom. The van der Waals surface area contributed by atoms with Crippen LogP contribution in [0.4, 0.5) is 4.39 Å². The zero-order chi connectivity index (χ0) is 13.2. The van der Waals surface area contributed by atoms with Crippen LogP contribution >= 0.6 is 0 Å². The molecule has 0 aliphatic carbocycles. The number of hydrogen-bond acceptors (Lipinski definition) is 1. The first-order valence-corrected chi connectivity index (χ1v) is 6.87. The monoisotopic (exact) mass is 255 g/mol. The van der Waals surface area contributed by atoms with Gasteiger partial charge >= 0.3 is 0 Å². The van der Waals surface area contributed by atoms with E-state index in [9.17, 15) is 4.39 Å². The molecule has 0 aromatic heterocycles. The summed E-state index contributed by atoms with van der Waals surface area (Å²) in [5, 5.41) is 0. The summed E-state index contributed by atoms with van der Waals surface area (Å²) in [7, 11) is 0. The SMILES string of the molecule is CCN1CCc2ccccc2C1c1ccc(F)cc1. The molecule has 1 heterocycles. The Labute approximate surface area is 113 Å². The van der Waals surface area contributed by atoms with Gasteiger partial charge in [-0.15, -0.1) is 0 Å². The summed E-state index contributed by atoms with van der Waals surface area (Å²) in [6.07, 6.45) is 1.10. The zero-order valence-corrected chi connectivity index (χ0v) is 11.1. The van der Waals surface area contributed by atoms with Gasteiger partial charge in [0, 0.05) is 6.54 Å². The maximum absolute atomic E-state index is 13.1. The average Bonchev–Trinajstić information content (AvgIpc) is 2.47. The largest absolute Gasteiger partial charge is 0.292 e. The lowest BCUT2D eigenvalue weighted by Gasteiger charge is -2.37. The predicted molar refractivity (Wildman–Crippen MR) is 75.6 cm³/mol. The highest BCUT2D eigenvalue weighted by molar-refractivity contribution is 5.39. The molecule has 1 unspecified atom stereocenters. The van der Waals surface area contributed by atoms with Crippen LogP contribution in [0.3, 0.4) is 0 Å². The second-order valence-corrected chi connectivity index (χ2v) is 5.03. The van der Waals surface area contributed by atoms with Crippen molar-refractivity contribution in [2.24, 2.45) is 0 Å². The number of fused-ring (bicyclic) bond motifs is 1. The Balaban J connectivity index is 2.07. The van der Waals surface area contributed by atoms with Crippen molar-refractivity contribution < 1.29 is 4.39 Å². The highest BCUT2D eigenvalue weighted by Gasteiger charge is 2.27. The second-order valence-electron chi connectivity index (χ2n) is 5.03. The molecule has 98 valence electrons. The fraction of sp³-hybridized carbons (Fsp3) is 0.294. The molecule has 19 heavy (non-hydrogen) atoms. The minimum absolute atomic E-state index is 0.170. The topological polar surface area (TPSA) is 3.24 Å². The summed E-state index contributed by atoms with van der Waals surface area (Å²) in [6, 6.07) is 15.8. The Kier molecular flexibility index (Phi) is 3.34. The van der Waals surface area contributed by atoms with E-state index in [2.05, 4.69) is 36.1 Å². The van der Waals surface area contributed by atoms with E-state index in [1.54, 1.807) is 12.1 Å². The van der Waals surface area contributed by atoms with Crippen molar-refractivity contribution in [3.05, 3.63) is 71.0 Å². The van der Waals surface area contributed by atoms with Crippen molar-refractivity contribution >= 4 is 0 Å². The summed E-state index contributed by atoms with van der Waals surface area (Å²) >= 11 is 0. The van der Waals surface area contributed by atoms with E-state index in [1.165, 1.54) is 16.7 Å². The second kappa shape index (κ2) is 5.14. The fourth-order valence-electron chi connectivity index (χ4n) is 2.99. The Morgan fingerprint density at radius 3 is 2.58 bits per heavy atom. The summed E-state index contributed by atoms with van der Waals surface area (Å²) in [6.45, 7) is 4.26. The van der Waals surface area contributed by atoms with Crippen molar-refractivity contribution in [3.63, 3.8) is 0 Å². The fourth-order valence-corrected chi connectivity index (χ4v) is 2.99. The van der Waals surface area contributed by atoms with Crippen LogP contribution in [0.25, 0.3) is 0 Å². The Bertz CT molecular complexity index is 562. The first-order chi connectivity index (χ1) is 9.29. The van der Waals surface area contributed by atoms with Crippen LogP contribution in [-0.4, -0.2) is 18.0 Å². The third-order valence-corrected chi connectivity index (χ3v) is 3.98. The van der Waals surface area contributed by atoms with Crippen LogP contribution in [0.5, 0.6) is 0 Å². The van der Waals surface area contributed by atoms with Crippen LogP contribution < -0.4 is 0 Å². The van der Waals surface area contributed by atoms with E-state index in [-0.39, 0.29) is 11.9 Å². The summed E-state index contributed by atoms with van der Waals surface area (Å²) < 4.78 is 13.1. The van der Waals surface area contributed by atoms with Crippen molar-refractivity contribution in [1.82, 2.24) is 4.90 Å². The number of rotatable bonds is 2. The lowest BCUT2D eigenvalue weighted by atomic mass is 9.88. The molecule has 1 aliphatic rings. The smallest absolute Gasteiger partial charge is 0.123 e. The van der Waals surface area contributed by atoms with Crippen LogP contribution in [0.15, 0.2) is 48.5 Å². The molecule has 2 aromatic rings. The van der Waals surface area contributed by atoms with E-state index < -0.39 is 0 Å². The van der Waals surface area contributed by atoms with Gasteiger partial charge in [-0.25, -0.2) is 4.39 Å². The zero-order valence-electron chi connectivity index (χ0n) is 11.1. The summed E-state index contributed by atoms with van der Waals surface area (Å²) in [5.41, 5.74) is 3.96. The van der Waals surface area contributed by atoms with Crippen LogP contribution in [0, 0.1) is 5.82 Å². The maximum Gasteiger partial charge on any atom is 0.123 e. The quantitative estimate of drug-likeness (QED) is 0.789. The standard InChI is InChI=1S/C17H18FN/c1-2-19-12-11-13-5-3-4-6-16(13)17(19)14-7-9-15(18)10-8-14/h3-10,17H,2,11-12H2,1H3. The van der Waals surface area contributed by atoms with Gasteiger partial charge in [0.2, 0.25) is 0 Å². The van der Waals surface area contributed by atoms with Gasteiger partial charge in [-0.2, -0.15) is 0 Å². The molecular formula is C17H18FN. The van der Waals surface area contributed by atoms with Crippen molar-refractivity contribution in [2.45, 2.75) is 19.4 Å². The Hall–Kier alpha value is -1.67. The highest BCUT2D eigenvalue weighted by Crippen LogP contribution is 2.34. The van der Waals surface area contributed by atoms with E-state index in [4.69, 9.17) is 0 Å². The van der Waals surface area contributed by atoms with Gasteiger partial charge in [0.1, 0.15) is 5.82 Å². The van der Waals surface area contributed by atoms with Gasteiger partial charge in [0.05, 0.1) is 6.04 Å². The van der Waals surface area contributed by atoms with E-state index in [0.717, 1.165) is 19.5 Å². The molecule has 3 rings (SSSR count). The molecule has 0 saturated heterocycles. The van der Waals surface area contributed by atoms with E-state index >= 15 is 0 Å². The Morgan fingerprint density at radius 2 is 1.84 bits per heavy atom. The number of likely N-dealkylation sites (N-methyl/N-ethyl adjacent to an activating group) is 1. The van der Waals surface area contributed by atoms with Gasteiger partial charge < -0.3 is 0 Å². The summed E-state index contributed by atoms with van der Waals surface area (Å²) in [4.78, 5) is 2.45. The number of hydrogen-bond donors (Lipinski definition) is 0.